The van der Waals surface area contributed by atoms with Crippen LogP contribution >= 0.6 is 23.1 Å². The number of halogens is 1. The van der Waals surface area contributed by atoms with Gasteiger partial charge in [0.2, 0.25) is 14.2 Å². The van der Waals surface area contributed by atoms with Gasteiger partial charge >= 0.3 is 0 Å². The van der Waals surface area contributed by atoms with Crippen molar-refractivity contribution in [1.82, 2.24) is 9.36 Å². The minimum Gasteiger partial charge on any atom is -0.221 e. The van der Waals surface area contributed by atoms with Gasteiger partial charge in [-0.3, -0.25) is 0 Å². The fourth-order valence-corrected chi connectivity index (χ4v) is 4.10. The number of nitrogens with zero attached hydrogens (tertiary/aromatic N) is 2. The summed E-state index contributed by atoms with van der Waals surface area (Å²) >= 11 is 6.51. The van der Waals surface area contributed by atoms with Gasteiger partial charge in [0, 0.05) is 12.3 Å². The number of rotatable bonds is 6. The summed E-state index contributed by atoms with van der Waals surface area (Å²) in [5.41, 5.74) is 0. The number of aromatic nitrogens is 2. The summed E-state index contributed by atoms with van der Waals surface area (Å²) in [6, 6.07) is 0. The second kappa shape index (κ2) is 5.93. The molecule has 1 rings (SSSR count). The van der Waals surface area contributed by atoms with Crippen molar-refractivity contribution in [3.63, 3.8) is 0 Å². The summed E-state index contributed by atoms with van der Waals surface area (Å²) in [5.74, 6) is 0.949. The van der Waals surface area contributed by atoms with E-state index in [0.717, 1.165) is 24.4 Å². The second-order valence-corrected chi connectivity index (χ2v) is 7.23. The highest BCUT2D eigenvalue weighted by Crippen LogP contribution is 2.20. The first kappa shape index (κ1) is 13.9. The lowest BCUT2D eigenvalue weighted by Gasteiger charge is -2.07. The Morgan fingerprint density at radius 1 is 1.50 bits per heavy atom. The minimum absolute atomic E-state index is 0.119. The molecule has 0 aliphatic carbocycles. The van der Waals surface area contributed by atoms with Gasteiger partial charge in [0.15, 0.2) is 0 Å². The van der Waals surface area contributed by atoms with Crippen molar-refractivity contribution < 1.29 is 8.42 Å². The highest BCUT2D eigenvalue weighted by atomic mass is 35.5. The Morgan fingerprint density at radius 3 is 2.75 bits per heavy atom. The van der Waals surface area contributed by atoms with Crippen LogP contribution in [0.15, 0.2) is 4.34 Å². The van der Waals surface area contributed by atoms with Gasteiger partial charge in [0.1, 0.15) is 5.82 Å². The fourth-order valence-electron chi connectivity index (χ4n) is 1.16. The SMILES string of the molecule is CCCc1nsc(S(=O)(=O)C(C)CCCl)n1. The minimum atomic E-state index is -3.34. The zero-order chi connectivity index (χ0) is 12.2. The Morgan fingerprint density at radius 2 is 2.19 bits per heavy atom. The molecule has 7 heteroatoms. The van der Waals surface area contributed by atoms with E-state index < -0.39 is 15.1 Å². The van der Waals surface area contributed by atoms with Crippen molar-refractivity contribution in [3.05, 3.63) is 5.82 Å². The average molecular weight is 283 g/mol. The molecule has 1 atom stereocenters. The largest absolute Gasteiger partial charge is 0.229 e. The maximum atomic E-state index is 12.0. The second-order valence-electron chi connectivity index (χ2n) is 3.56. The maximum absolute atomic E-state index is 12.0. The third-order valence-electron chi connectivity index (χ3n) is 2.21. The third kappa shape index (κ3) is 3.15. The number of sulfone groups is 1. The molecule has 0 saturated heterocycles. The molecule has 0 aliphatic rings. The van der Waals surface area contributed by atoms with Gasteiger partial charge in [0.05, 0.1) is 5.25 Å². The zero-order valence-electron chi connectivity index (χ0n) is 9.31. The van der Waals surface area contributed by atoms with Crippen molar-refractivity contribution in [2.75, 3.05) is 5.88 Å². The molecule has 1 unspecified atom stereocenters. The van der Waals surface area contributed by atoms with E-state index in [4.69, 9.17) is 11.6 Å². The van der Waals surface area contributed by atoms with Gasteiger partial charge in [-0.25, -0.2) is 13.4 Å². The van der Waals surface area contributed by atoms with Gasteiger partial charge in [-0.1, -0.05) is 6.92 Å². The molecule has 1 aromatic rings. The maximum Gasteiger partial charge on any atom is 0.229 e. The predicted molar refractivity (Wildman–Crippen MR) is 65.9 cm³/mol. The van der Waals surface area contributed by atoms with E-state index in [1.54, 1.807) is 6.92 Å². The quantitative estimate of drug-likeness (QED) is 0.751. The van der Waals surface area contributed by atoms with Crippen molar-refractivity contribution in [1.29, 1.82) is 0 Å². The van der Waals surface area contributed by atoms with E-state index in [-0.39, 0.29) is 4.34 Å². The molecule has 0 radical (unpaired) electrons. The first-order valence-corrected chi connectivity index (χ1v) is 8.00. The zero-order valence-corrected chi connectivity index (χ0v) is 11.7. The highest BCUT2D eigenvalue weighted by Gasteiger charge is 2.26. The van der Waals surface area contributed by atoms with Crippen LogP contribution in [0.3, 0.4) is 0 Å². The molecule has 1 aromatic heterocycles. The van der Waals surface area contributed by atoms with Crippen molar-refractivity contribution in [3.8, 4) is 0 Å². The van der Waals surface area contributed by atoms with E-state index in [2.05, 4.69) is 9.36 Å². The van der Waals surface area contributed by atoms with Gasteiger partial charge in [-0.2, -0.15) is 4.37 Å². The van der Waals surface area contributed by atoms with Crippen LogP contribution in [-0.2, 0) is 16.3 Å². The molecular formula is C9H15ClN2O2S2. The van der Waals surface area contributed by atoms with Crippen molar-refractivity contribution >= 4 is 33.0 Å². The Kier molecular flexibility index (Phi) is 5.14. The summed E-state index contributed by atoms with van der Waals surface area (Å²) in [7, 11) is -3.34. The Labute approximate surface area is 105 Å². The van der Waals surface area contributed by atoms with Crippen LogP contribution in [0.1, 0.15) is 32.5 Å². The molecule has 0 saturated carbocycles. The molecule has 0 fully saturated rings. The van der Waals surface area contributed by atoms with Gasteiger partial charge in [0.25, 0.3) is 0 Å². The van der Waals surface area contributed by atoms with Crippen molar-refractivity contribution in [2.24, 2.45) is 0 Å². The normalized spacial score (nSPS) is 13.9. The highest BCUT2D eigenvalue weighted by molar-refractivity contribution is 7.93. The van der Waals surface area contributed by atoms with Crippen LogP contribution < -0.4 is 0 Å². The molecule has 0 bridgehead atoms. The molecule has 0 aromatic carbocycles. The molecule has 0 spiro atoms. The van der Waals surface area contributed by atoms with Gasteiger partial charge < -0.3 is 0 Å². The van der Waals surface area contributed by atoms with Crippen LogP contribution in [0, 0.1) is 0 Å². The summed E-state index contributed by atoms with van der Waals surface area (Å²) in [5, 5.41) is -0.493. The molecule has 1 heterocycles. The summed E-state index contributed by atoms with van der Waals surface area (Å²) in [6.07, 6.45) is 2.07. The monoisotopic (exact) mass is 282 g/mol. The van der Waals surface area contributed by atoms with E-state index in [9.17, 15) is 8.42 Å². The Balaban J connectivity index is 2.89. The number of alkyl halides is 1. The van der Waals surface area contributed by atoms with Gasteiger partial charge in [-0.15, -0.1) is 11.6 Å². The van der Waals surface area contributed by atoms with Crippen molar-refractivity contribution in [2.45, 2.75) is 42.7 Å². The molecule has 0 N–H and O–H groups in total. The Bertz CT molecular complexity index is 430. The summed E-state index contributed by atoms with van der Waals surface area (Å²) in [4.78, 5) is 4.05. The van der Waals surface area contributed by atoms with Crippen LogP contribution in [0.4, 0.5) is 0 Å². The van der Waals surface area contributed by atoms with E-state index in [0.29, 0.717) is 18.1 Å². The lowest BCUT2D eigenvalue weighted by molar-refractivity contribution is 0.580. The van der Waals surface area contributed by atoms with Crippen LogP contribution in [0.2, 0.25) is 0 Å². The molecule has 92 valence electrons. The number of hydrogen-bond acceptors (Lipinski definition) is 5. The lowest BCUT2D eigenvalue weighted by Crippen LogP contribution is -2.18. The first-order valence-electron chi connectivity index (χ1n) is 5.14. The molecular weight excluding hydrogens is 268 g/mol. The third-order valence-corrected chi connectivity index (χ3v) is 5.77. The topological polar surface area (TPSA) is 59.9 Å². The van der Waals surface area contributed by atoms with E-state index in [1.165, 1.54) is 0 Å². The fraction of sp³-hybridized carbons (Fsp3) is 0.778. The first-order chi connectivity index (χ1) is 7.52. The van der Waals surface area contributed by atoms with Gasteiger partial charge in [-0.05, 0) is 31.3 Å². The Hall–Kier alpha value is -0.200. The molecule has 4 nitrogen and oxygen atoms in total. The molecule has 16 heavy (non-hydrogen) atoms. The van der Waals surface area contributed by atoms with Crippen LogP contribution in [-0.4, -0.2) is 28.9 Å². The predicted octanol–water partition coefficient (Wildman–Crippen LogP) is 2.28. The van der Waals surface area contributed by atoms with Crippen LogP contribution in [0.25, 0.3) is 0 Å². The van der Waals surface area contributed by atoms with E-state index in [1.807, 2.05) is 6.92 Å². The summed E-state index contributed by atoms with van der Waals surface area (Å²) in [6.45, 7) is 3.66. The molecule has 0 aliphatic heterocycles. The smallest absolute Gasteiger partial charge is 0.221 e. The lowest BCUT2D eigenvalue weighted by atomic mass is 10.3. The molecule has 0 amide bonds. The number of aryl methyl sites for hydroxylation is 1. The van der Waals surface area contributed by atoms with Crippen LogP contribution in [0.5, 0.6) is 0 Å². The average Bonchev–Trinajstić information content (AvgIpc) is 2.68. The summed E-state index contributed by atoms with van der Waals surface area (Å²) < 4.78 is 28.1. The van der Waals surface area contributed by atoms with E-state index >= 15 is 0 Å². The standard InChI is InChI=1S/C9H15ClN2O2S2/c1-3-4-8-11-9(15-12-8)16(13,14)7(2)5-6-10/h7H,3-6H2,1-2H3. The number of hydrogen-bond donors (Lipinski definition) is 0.